The van der Waals surface area contributed by atoms with Crippen LogP contribution in [0.5, 0.6) is 0 Å². The largest absolute Gasteiger partial charge is 0.370 e. The van der Waals surface area contributed by atoms with Crippen molar-refractivity contribution in [1.82, 2.24) is 14.8 Å². The normalized spacial score (nSPS) is 10.4. The van der Waals surface area contributed by atoms with Gasteiger partial charge < -0.3 is 5.32 Å². The summed E-state index contributed by atoms with van der Waals surface area (Å²) in [7, 11) is 1.93. The molecule has 16 heavy (non-hydrogen) atoms. The van der Waals surface area contributed by atoms with Crippen LogP contribution in [-0.2, 0) is 13.5 Å². The topological polar surface area (TPSA) is 42.7 Å². The molecule has 0 atom stereocenters. The maximum atomic E-state index is 4.31. The summed E-state index contributed by atoms with van der Waals surface area (Å²) in [5, 5.41) is 7.58. The van der Waals surface area contributed by atoms with E-state index in [4.69, 9.17) is 0 Å². The second kappa shape index (κ2) is 4.79. The van der Waals surface area contributed by atoms with E-state index in [-0.39, 0.29) is 0 Å². The molecule has 4 heteroatoms. The summed E-state index contributed by atoms with van der Waals surface area (Å²) in [4.78, 5) is 4.28. The maximum Gasteiger partial charge on any atom is 0.125 e. The van der Waals surface area contributed by atoms with Gasteiger partial charge in [0.05, 0.1) is 5.69 Å². The third-order valence-electron chi connectivity index (χ3n) is 2.37. The van der Waals surface area contributed by atoms with Gasteiger partial charge in [-0.15, -0.1) is 0 Å². The lowest BCUT2D eigenvalue weighted by Crippen LogP contribution is -2.06. The Labute approximate surface area is 95.3 Å². The Bertz CT molecular complexity index is 444. The highest BCUT2D eigenvalue weighted by Crippen LogP contribution is 2.04. The zero-order valence-corrected chi connectivity index (χ0v) is 9.64. The van der Waals surface area contributed by atoms with Gasteiger partial charge in [-0.1, -0.05) is 6.07 Å². The molecule has 0 spiro atoms. The number of aromatic nitrogens is 3. The minimum absolute atomic E-state index is 0.854. The first-order valence-corrected chi connectivity index (χ1v) is 5.39. The van der Waals surface area contributed by atoms with Gasteiger partial charge in [-0.25, -0.2) is 4.98 Å². The van der Waals surface area contributed by atoms with Crippen LogP contribution in [0.1, 0.15) is 11.3 Å². The molecular weight excluding hydrogens is 200 g/mol. The molecule has 2 rings (SSSR count). The first-order valence-electron chi connectivity index (χ1n) is 5.39. The summed E-state index contributed by atoms with van der Waals surface area (Å²) in [5.74, 6) is 0.918. The number of nitrogens with one attached hydrogen (secondary N) is 1. The van der Waals surface area contributed by atoms with E-state index < -0.39 is 0 Å². The van der Waals surface area contributed by atoms with Gasteiger partial charge in [-0.05, 0) is 24.6 Å². The molecule has 0 saturated heterocycles. The molecule has 0 aromatic carbocycles. The minimum atomic E-state index is 0.854. The Kier molecular flexibility index (Phi) is 3.19. The van der Waals surface area contributed by atoms with Crippen LogP contribution in [0.15, 0.2) is 30.6 Å². The quantitative estimate of drug-likeness (QED) is 0.847. The number of hydrogen-bond donors (Lipinski definition) is 1. The highest BCUT2D eigenvalue weighted by molar-refractivity contribution is 5.35. The van der Waals surface area contributed by atoms with E-state index in [2.05, 4.69) is 21.5 Å². The zero-order chi connectivity index (χ0) is 11.4. The van der Waals surface area contributed by atoms with Crippen LogP contribution in [0.4, 0.5) is 5.82 Å². The van der Waals surface area contributed by atoms with E-state index in [9.17, 15) is 0 Å². The van der Waals surface area contributed by atoms with Crippen molar-refractivity contribution in [1.29, 1.82) is 0 Å². The fourth-order valence-corrected chi connectivity index (χ4v) is 1.49. The van der Waals surface area contributed by atoms with Crippen LogP contribution in [-0.4, -0.2) is 21.3 Å². The lowest BCUT2D eigenvalue weighted by Gasteiger charge is -2.03. The third-order valence-corrected chi connectivity index (χ3v) is 2.37. The summed E-state index contributed by atoms with van der Waals surface area (Å²) in [6.07, 6.45) is 4.74. The predicted octanol–water partition coefficient (Wildman–Crippen LogP) is 1.78. The lowest BCUT2D eigenvalue weighted by molar-refractivity contribution is 0.742. The number of nitrogens with zero attached hydrogens (tertiary/aromatic N) is 3. The van der Waals surface area contributed by atoms with Gasteiger partial charge in [0.25, 0.3) is 0 Å². The number of rotatable bonds is 4. The van der Waals surface area contributed by atoms with Crippen molar-refractivity contribution in [2.75, 3.05) is 11.9 Å². The Morgan fingerprint density at radius 3 is 2.81 bits per heavy atom. The molecule has 0 bridgehead atoms. The van der Waals surface area contributed by atoms with E-state index in [1.807, 2.05) is 43.2 Å². The van der Waals surface area contributed by atoms with Gasteiger partial charge >= 0.3 is 0 Å². The van der Waals surface area contributed by atoms with Crippen molar-refractivity contribution in [3.8, 4) is 0 Å². The maximum absolute atomic E-state index is 4.31. The Balaban J connectivity index is 1.82. The molecule has 0 saturated carbocycles. The van der Waals surface area contributed by atoms with E-state index in [1.54, 1.807) is 0 Å². The SMILES string of the molecule is Cc1ccc(NCCc2ccn(C)n2)nc1. The smallest absolute Gasteiger partial charge is 0.125 e. The molecule has 0 aliphatic heterocycles. The molecule has 2 aromatic heterocycles. The molecule has 84 valence electrons. The molecule has 0 fully saturated rings. The van der Waals surface area contributed by atoms with E-state index >= 15 is 0 Å². The molecule has 1 N–H and O–H groups in total. The molecule has 0 unspecified atom stereocenters. The highest BCUT2D eigenvalue weighted by atomic mass is 15.2. The first-order chi connectivity index (χ1) is 7.74. The second-order valence-electron chi connectivity index (χ2n) is 3.88. The lowest BCUT2D eigenvalue weighted by atomic mass is 10.3. The Morgan fingerprint density at radius 1 is 1.31 bits per heavy atom. The van der Waals surface area contributed by atoms with E-state index in [0.29, 0.717) is 0 Å². The van der Waals surface area contributed by atoms with Crippen LogP contribution in [0.25, 0.3) is 0 Å². The fourth-order valence-electron chi connectivity index (χ4n) is 1.49. The van der Waals surface area contributed by atoms with Crippen molar-refractivity contribution in [2.24, 2.45) is 7.05 Å². The average Bonchev–Trinajstić information content (AvgIpc) is 2.67. The van der Waals surface area contributed by atoms with Crippen LogP contribution in [0, 0.1) is 6.92 Å². The molecule has 0 amide bonds. The average molecular weight is 216 g/mol. The molecule has 4 nitrogen and oxygen atoms in total. The Morgan fingerprint density at radius 2 is 2.19 bits per heavy atom. The highest BCUT2D eigenvalue weighted by Gasteiger charge is 1.97. The molecular formula is C12H16N4. The summed E-state index contributed by atoms with van der Waals surface area (Å²) < 4.78 is 1.82. The standard InChI is InChI=1S/C12H16N4/c1-10-3-4-12(14-9-10)13-7-5-11-6-8-16(2)15-11/h3-4,6,8-9H,5,7H2,1-2H3,(H,13,14). The summed E-state index contributed by atoms with van der Waals surface area (Å²) in [6.45, 7) is 2.89. The van der Waals surface area contributed by atoms with Gasteiger partial charge in [0.2, 0.25) is 0 Å². The number of pyridine rings is 1. The van der Waals surface area contributed by atoms with Crippen molar-refractivity contribution in [3.63, 3.8) is 0 Å². The van der Waals surface area contributed by atoms with Gasteiger partial charge in [0, 0.05) is 32.4 Å². The number of anilines is 1. The van der Waals surface area contributed by atoms with Crippen molar-refractivity contribution in [3.05, 3.63) is 41.9 Å². The van der Waals surface area contributed by atoms with Crippen molar-refractivity contribution >= 4 is 5.82 Å². The molecule has 0 radical (unpaired) electrons. The molecule has 0 aliphatic rings. The predicted molar refractivity (Wildman–Crippen MR) is 64.4 cm³/mol. The van der Waals surface area contributed by atoms with Crippen molar-refractivity contribution < 1.29 is 0 Å². The fraction of sp³-hybridized carbons (Fsp3) is 0.333. The van der Waals surface area contributed by atoms with Crippen LogP contribution < -0.4 is 5.32 Å². The van der Waals surface area contributed by atoms with Gasteiger partial charge in [-0.3, -0.25) is 4.68 Å². The third kappa shape index (κ3) is 2.82. The van der Waals surface area contributed by atoms with E-state index in [0.717, 1.165) is 24.5 Å². The van der Waals surface area contributed by atoms with E-state index in [1.165, 1.54) is 5.56 Å². The summed E-state index contributed by atoms with van der Waals surface area (Å²) >= 11 is 0. The van der Waals surface area contributed by atoms with Crippen LogP contribution >= 0.6 is 0 Å². The number of hydrogen-bond acceptors (Lipinski definition) is 3. The van der Waals surface area contributed by atoms with Gasteiger partial charge in [0.1, 0.15) is 5.82 Å². The number of aryl methyl sites for hydroxylation is 2. The summed E-state index contributed by atoms with van der Waals surface area (Å²) in [6, 6.07) is 6.08. The second-order valence-corrected chi connectivity index (χ2v) is 3.88. The van der Waals surface area contributed by atoms with Gasteiger partial charge in [0.15, 0.2) is 0 Å². The monoisotopic (exact) mass is 216 g/mol. The van der Waals surface area contributed by atoms with Crippen molar-refractivity contribution in [2.45, 2.75) is 13.3 Å². The van der Waals surface area contributed by atoms with Crippen LogP contribution in [0.3, 0.4) is 0 Å². The molecule has 2 heterocycles. The molecule has 0 aliphatic carbocycles. The van der Waals surface area contributed by atoms with Gasteiger partial charge in [-0.2, -0.15) is 5.10 Å². The minimum Gasteiger partial charge on any atom is -0.370 e. The zero-order valence-electron chi connectivity index (χ0n) is 9.64. The molecule has 2 aromatic rings. The summed E-state index contributed by atoms with van der Waals surface area (Å²) in [5.41, 5.74) is 2.28. The first kappa shape index (κ1) is 10.7. The van der Waals surface area contributed by atoms with Crippen LogP contribution in [0.2, 0.25) is 0 Å². The Hall–Kier alpha value is -1.84.